The zero-order chi connectivity index (χ0) is 12.6. The molecule has 19 heavy (non-hydrogen) atoms. The average molecular weight is 249 g/mol. The van der Waals surface area contributed by atoms with E-state index >= 15 is 0 Å². The third-order valence-corrected chi connectivity index (χ3v) is 4.56. The fraction of sp³-hybridized carbons (Fsp3) is 0.188. The molecular weight excluding hydrogens is 238 g/mol. The van der Waals surface area contributed by atoms with E-state index in [1.54, 1.807) is 6.07 Å². The summed E-state index contributed by atoms with van der Waals surface area (Å²) in [7, 11) is 0. The lowest BCUT2D eigenvalue weighted by Gasteiger charge is -2.40. The number of benzene rings is 1. The number of ether oxygens (including phenoxy) is 1. The van der Waals surface area contributed by atoms with Gasteiger partial charge in [0.1, 0.15) is 6.10 Å². The van der Waals surface area contributed by atoms with Gasteiger partial charge in [-0.15, -0.1) is 0 Å². The van der Waals surface area contributed by atoms with Crippen molar-refractivity contribution in [1.29, 1.82) is 0 Å². The Kier molecular flexibility index (Phi) is 1.43. The monoisotopic (exact) mass is 249 g/mol. The maximum atomic E-state index is 10.1. The summed E-state index contributed by atoms with van der Waals surface area (Å²) in [5.41, 5.74) is 4.41. The van der Waals surface area contributed by atoms with Gasteiger partial charge < -0.3 is 9.84 Å². The molecule has 2 unspecified atom stereocenters. The lowest BCUT2D eigenvalue weighted by Crippen LogP contribution is -2.45. The summed E-state index contributed by atoms with van der Waals surface area (Å²) < 4.78 is 6.03. The van der Waals surface area contributed by atoms with Gasteiger partial charge in [0.25, 0.3) is 0 Å². The van der Waals surface area contributed by atoms with E-state index in [-0.39, 0.29) is 17.3 Å². The molecule has 0 saturated heterocycles. The third kappa shape index (κ3) is 0.887. The number of allylic oxidation sites excluding steroid dienone is 2. The Hall–Kier alpha value is -2.29. The minimum atomic E-state index is -0.270. The Bertz CT molecular complexity index is 754. The highest BCUT2D eigenvalue weighted by molar-refractivity contribution is 6.09. The Labute approximate surface area is 110 Å². The molecule has 3 nitrogen and oxygen atoms in total. The molecule has 0 saturated carbocycles. The maximum Gasteiger partial charge on any atom is 0.166 e. The molecule has 2 atom stereocenters. The Morgan fingerprint density at radius 1 is 1.37 bits per heavy atom. The van der Waals surface area contributed by atoms with E-state index in [0.717, 1.165) is 17.7 Å². The molecule has 5 rings (SSSR count). The van der Waals surface area contributed by atoms with Crippen molar-refractivity contribution in [2.75, 3.05) is 0 Å². The highest BCUT2D eigenvalue weighted by Gasteiger charge is 2.56. The van der Waals surface area contributed by atoms with E-state index in [2.05, 4.69) is 23.2 Å². The van der Waals surface area contributed by atoms with Gasteiger partial charge >= 0.3 is 0 Å². The van der Waals surface area contributed by atoms with Gasteiger partial charge in [0.15, 0.2) is 11.5 Å². The normalized spacial score (nSPS) is 31.5. The second-order valence-electron chi connectivity index (χ2n) is 5.39. The highest BCUT2D eigenvalue weighted by atomic mass is 16.5. The lowest BCUT2D eigenvalue weighted by atomic mass is 9.61. The van der Waals surface area contributed by atoms with Crippen LogP contribution in [0.15, 0.2) is 53.2 Å². The zero-order valence-electron chi connectivity index (χ0n) is 10.1. The van der Waals surface area contributed by atoms with Crippen molar-refractivity contribution in [1.82, 2.24) is 0 Å². The smallest absolute Gasteiger partial charge is 0.166 e. The second kappa shape index (κ2) is 2.82. The molecule has 1 aromatic carbocycles. The number of aromatic hydroxyl groups is 1. The Morgan fingerprint density at radius 3 is 3.26 bits per heavy atom. The molecule has 2 aliphatic heterocycles. The van der Waals surface area contributed by atoms with Crippen molar-refractivity contribution < 1.29 is 9.84 Å². The number of hydrogen-bond acceptors (Lipinski definition) is 3. The standard InChI is InChI=1S/C16H11NO2/c18-12-5-4-9-8-11-10-2-1-3-13-16(10,6-7-17-11)14(9)15(12)19-13/h1-7,13,18H,8H2. The van der Waals surface area contributed by atoms with Gasteiger partial charge in [0.05, 0.1) is 5.41 Å². The van der Waals surface area contributed by atoms with Crippen LogP contribution in [0.3, 0.4) is 0 Å². The van der Waals surface area contributed by atoms with Gasteiger partial charge in [-0.05, 0) is 29.4 Å². The van der Waals surface area contributed by atoms with Crippen molar-refractivity contribution in [2.45, 2.75) is 17.9 Å². The van der Waals surface area contributed by atoms with Crippen molar-refractivity contribution in [3.63, 3.8) is 0 Å². The van der Waals surface area contributed by atoms with Crippen LogP contribution in [0.5, 0.6) is 11.5 Å². The predicted octanol–water partition coefficient (Wildman–Crippen LogP) is 2.41. The van der Waals surface area contributed by atoms with Gasteiger partial charge in [0, 0.05) is 23.9 Å². The minimum absolute atomic E-state index is 0.0726. The summed E-state index contributed by atoms with van der Waals surface area (Å²) in [5.74, 6) is 0.875. The van der Waals surface area contributed by atoms with Crippen LogP contribution in [0.2, 0.25) is 0 Å². The van der Waals surface area contributed by atoms with Crippen molar-refractivity contribution in [2.24, 2.45) is 4.99 Å². The SMILES string of the molecule is Oc1ccc2c3c1OC1C=CC=C4C(=NC=CC431)C2. The Balaban J connectivity index is 1.98. The second-order valence-corrected chi connectivity index (χ2v) is 5.39. The number of phenols is 1. The third-order valence-electron chi connectivity index (χ3n) is 4.56. The molecule has 1 spiro atoms. The van der Waals surface area contributed by atoms with Crippen LogP contribution in [0.1, 0.15) is 11.1 Å². The quantitative estimate of drug-likeness (QED) is 0.767. The van der Waals surface area contributed by atoms with E-state index < -0.39 is 0 Å². The summed E-state index contributed by atoms with van der Waals surface area (Å²) in [6, 6.07) is 3.71. The van der Waals surface area contributed by atoms with Crippen molar-refractivity contribution in [3.8, 4) is 11.5 Å². The molecule has 0 amide bonds. The number of phenolic OH excluding ortho intramolecular Hbond substituents is 1. The van der Waals surface area contributed by atoms with E-state index in [1.807, 2.05) is 18.3 Å². The van der Waals surface area contributed by atoms with Gasteiger partial charge in [-0.25, -0.2) is 0 Å². The van der Waals surface area contributed by atoms with Gasteiger partial charge in [0.2, 0.25) is 0 Å². The molecule has 2 bridgehead atoms. The molecule has 2 aliphatic carbocycles. The van der Waals surface area contributed by atoms with Gasteiger partial charge in [-0.3, -0.25) is 4.99 Å². The van der Waals surface area contributed by atoms with E-state index in [9.17, 15) is 5.11 Å². The summed E-state index contributed by atoms with van der Waals surface area (Å²) >= 11 is 0. The summed E-state index contributed by atoms with van der Waals surface area (Å²) in [4.78, 5) is 4.52. The fourth-order valence-electron chi connectivity index (χ4n) is 3.80. The zero-order valence-corrected chi connectivity index (χ0v) is 10.1. The maximum absolute atomic E-state index is 10.1. The summed E-state index contributed by atoms with van der Waals surface area (Å²) in [6.07, 6.45) is 11.0. The molecule has 4 aliphatic rings. The number of aliphatic imine (C=N–C) groups is 1. The molecule has 0 radical (unpaired) electrons. The molecule has 3 heteroatoms. The Morgan fingerprint density at radius 2 is 2.32 bits per heavy atom. The van der Waals surface area contributed by atoms with Crippen molar-refractivity contribution in [3.05, 3.63) is 59.3 Å². The van der Waals surface area contributed by atoms with Gasteiger partial charge in [-0.1, -0.05) is 18.2 Å². The first kappa shape index (κ1) is 9.62. The first-order valence-electron chi connectivity index (χ1n) is 6.46. The number of hydrogen-bond donors (Lipinski definition) is 1. The number of rotatable bonds is 0. The molecule has 1 aromatic rings. The summed E-state index contributed by atoms with van der Waals surface area (Å²) in [6.45, 7) is 0. The molecule has 1 N–H and O–H groups in total. The fourth-order valence-corrected chi connectivity index (χ4v) is 3.80. The van der Waals surface area contributed by atoms with Crippen LogP contribution in [0.25, 0.3) is 0 Å². The topological polar surface area (TPSA) is 41.8 Å². The molecule has 0 aromatic heterocycles. The molecule has 2 heterocycles. The lowest BCUT2D eigenvalue weighted by molar-refractivity contribution is 0.230. The number of nitrogens with zero attached hydrogens (tertiary/aromatic N) is 1. The van der Waals surface area contributed by atoms with Crippen LogP contribution in [-0.2, 0) is 11.8 Å². The first-order chi connectivity index (χ1) is 9.30. The highest BCUT2D eigenvalue weighted by Crippen LogP contribution is 2.58. The van der Waals surface area contributed by atoms with Crippen molar-refractivity contribution >= 4 is 5.71 Å². The van der Waals surface area contributed by atoms with Crippen LogP contribution in [-0.4, -0.2) is 16.9 Å². The van der Waals surface area contributed by atoms with E-state index in [0.29, 0.717) is 5.75 Å². The minimum Gasteiger partial charge on any atom is -0.504 e. The first-order valence-corrected chi connectivity index (χ1v) is 6.46. The van der Waals surface area contributed by atoms with Crippen LogP contribution in [0.4, 0.5) is 0 Å². The average Bonchev–Trinajstić information content (AvgIpc) is 2.74. The van der Waals surface area contributed by atoms with E-state index in [1.165, 1.54) is 11.1 Å². The molecule has 0 fully saturated rings. The predicted molar refractivity (Wildman–Crippen MR) is 71.7 cm³/mol. The van der Waals surface area contributed by atoms with Crippen LogP contribution in [0, 0.1) is 0 Å². The van der Waals surface area contributed by atoms with Crippen LogP contribution >= 0.6 is 0 Å². The van der Waals surface area contributed by atoms with Gasteiger partial charge in [-0.2, -0.15) is 0 Å². The largest absolute Gasteiger partial charge is 0.504 e. The molecule has 92 valence electrons. The molecular formula is C16H11NO2. The summed E-state index contributed by atoms with van der Waals surface area (Å²) in [5, 5.41) is 10.1. The van der Waals surface area contributed by atoms with E-state index in [4.69, 9.17) is 4.74 Å². The van der Waals surface area contributed by atoms with Crippen LogP contribution < -0.4 is 4.74 Å².